The Bertz CT molecular complexity index is 629. The van der Waals surface area contributed by atoms with E-state index >= 15 is 0 Å². The molecular weight excluding hydrogens is 282 g/mol. The van der Waals surface area contributed by atoms with Gasteiger partial charge < -0.3 is 10.6 Å². The zero-order chi connectivity index (χ0) is 14.7. The Labute approximate surface area is 120 Å². The molecule has 0 unspecified atom stereocenters. The van der Waals surface area contributed by atoms with E-state index < -0.39 is 4.92 Å². The first-order valence-corrected chi connectivity index (χ1v) is 6.08. The molecule has 0 aliphatic carbocycles. The maximum Gasteiger partial charge on any atom is 0.269 e. The summed E-state index contributed by atoms with van der Waals surface area (Å²) in [6.07, 6.45) is 0. The van der Waals surface area contributed by atoms with Gasteiger partial charge in [0.05, 0.1) is 4.92 Å². The van der Waals surface area contributed by atoms with Gasteiger partial charge in [0.1, 0.15) is 11.0 Å². The van der Waals surface area contributed by atoms with Gasteiger partial charge >= 0.3 is 0 Å². The van der Waals surface area contributed by atoms with Crippen LogP contribution in [0.15, 0.2) is 30.3 Å². The standard InChI is InChI=1S/C12H12ClN5O2/c1-17(11-6-10(13)15-12(14)16-11)7-8-3-2-4-9(5-8)18(19)20/h2-6H,7H2,1H3,(H2,14,15,16). The average molecular weight is 294 g/mol. The second-order valence-corrected chi connectivity index (χ2v) is 4.58. The molecule has 0 saturated carbocycles. The van der Waals surface area contributed by atoms with Crippen LogP contribution in [0.25, 0.3) is 0 Å². The molecule has 0 aliphatic rings. The topological polar surface area (TPSA) is 98.2 Å². The number of aromatic nitrogens is 2. The first-order chi connectivity index (χ1) is 9.45. The molecule has 1 aromatic heterocycles. The Balaban J connectivity index is 2.20. The second kappa shape index (κ2) is 5.70. The SMILES string of the molecule is CN(Cc1cccc([N+](=O)[O-])c1)c1cc(Cl)nc(N)n1. The Morgan fingerprint density at radius 3 is 2.80 bits per heavy atom. The van der Waals surface area contributed by atoms with Crippen LogP contribution in [-0.2, 0) is 6.54 Å². The van der Waals surface area contributed by atoms with Crippen LogP contribution in [0, 0.1) is 10.1 Å². The smallest absolute Gasteiger partial charge is 0.269 e. The summed E-state index contributed by atoms with van der Waals surface area (Å²) in [6, 6.07) is 7.99. The predicted molar refractivity (Wildman–Crippen MR) is 76.7 cm³/mol. The summed E-state index contributed by atoms with van der Waals surface area (Å²) in [5.74, 6) is 0.632. The lowest BCUT2D eigenvalue weighted by molar-refractivity contribution is -0.384. The lowest BCUT2D eigenvalue weighted by Crippen LogP contribution is -2.18. The molecule has 0 saturated heterocycles. The van der Waals surface area contributed by atoms with Gasteiger partial charge in [-0.1, -0.05) is 23.7 Å². The molecule has 0 amide bonds. The van der Waals surface area contributed by atoms with Gasteiger partial charge in [-0.05, 0) is 5.56 Å². The summed E-state index contributed by atoms with van der Waals surface area (Å²) in [7, 11) is 1.79. The van der Waals surface area contributed by atoms with Crippen molar-refractivity contribution in [1.29, 1.82) is 0 Å². The molecule has 2 aromatic rings. The highest BCUT2D eigenvalue weighted by Crippen LogP contribution is 2.19. The highest BCUT2D eigenvalue weighted by molar-refractivity contribution is 6.29. The van der Waals surface area contributed by atoms with Crippen LogP contribution in [0.4, 0.5) is 17.5 Å². The van der Waals surface area contributed by atoms with Crippen LogP contribution in [-0.4, -0.2) is 21.9 Å². The summed E-state index contributed by atoms with van der Waals surface area (Å²) in [4.78, 5) is 19.9. The fourth-order valence-corrected chi connectivity index (χ4v) is 1.93. The van der Waals surface area contributed by atoms with E-state index in [0.29, 0.717) is 12.4 Å². The van der Waals surface area contributed by atoms with Crippen molar-refractivity contribution in [2.24, 2.45) is 0 Å². The van der Waals surface area contributed by atoms with Crippen molar-refractivity contribution in [2.45, 2.75) is 6.54 Å². The molecule has 7 nitrogen and oxygen atoms in total. The zero-order valence-corrected chi connectivity index (χ0v) is 11.4. The van der Waals surface area contributed by atoms with E-state index in [1.807, 2.05) is 0 Å². The highest BCUT2D eigenvalue weighted by atomic mass is 35.5. The fraction of sp³-hybridized carbons (Fsp3) is 0.167. The van der Waals surface area contributed by atoms with Gasteiger partial charge in [-0.2, -0.15) is 4.98 Å². The van der Waals surface area contributed by atoms with E-state index in [1.54, 1.807) is 30.1 Å². The van der Waals surface area contributed by atoms with Gasteiger partial charge in [0.15, 0.2) is 0 Å². The third-order valence-electron chi connectivity index (χ3n) is 2.63. The number of nitrogens with zero attached hydrogens (tertiary/aromatic N) is 4. The van der Waals surface area contributed by atoms with Gasteiger partial charge in [-0.3, -0.25) is 10.1 Å². The highest BCUT2D eigenvalue weighted by Gasteiger charge is 2.10. The van der Waals surface area contributed by atoms with Crippen molar-refractivity contribution in [2.75, 3.05) is 17.7 Å². The summed E-state index contributed by atoms with van der Waals surface area (Å²) >= 11 is 5.82. The Morgan fingerprint density at radius 2 is 2.15 bits per heavy atom. The number of benzene rings is 1. The molecule has 1 aromatic carbocycles. The first-order valence-electron chi connectivity index (χ1n) is 5.70. The molecule has 2 rings (SSSR count). The molecule has 0 bridgehead atoms. The van der Waals surface area contributed by atoms with Crippen molar-refractivity contribution in [3.63, 3.8) is 0 Å². The van der Waals surface area contributed by atoms with Gasteiger partial charge in [-0.25, -0.2) is 4.98 Å². The Kier molecular flexibility index (Phi) is 3.99. The number of non-ortho nitro benzene ring substituents is 1. The summed E-state index contributed by atoms with van der Waals surface area (Å²) in [5.41, 5.74) is 6.37. The third kappa shape index (κ3) is 3.33. The lowest BCUT2D eigenvalue weighted by atomic mass is 10.2. The number of rotatable bonds is 4. The number of anilines is 2. The normalized spacial score (nSPS) is 10.3. The molecule has 104 valence electrons. The van der Waals surface area contributed by atoms with Crippen molar-refractivity contribution >= 4 is 29.1 Å². The number of nitro groups is 1. The van der Waals surface area contributed by atoms with Crippen molar-refractivity contribution < 1.29 is 4.92 Å². The van der Waals surface area contributed by atoms with Crippen LogP contribution in [0.3, 0.4) is 0 Å². The molecule has 0 radical (unpaired) electrons. The third-order valence-corrected chi connectivity index (χ3v) is 2.82. The molecule has 1 heterocycles. The number of nitro benzene ring substituents is 1. The fourth-order valence-electron chi connectivity index (χ4n) is 1.74. The molecule has 8 heteroatoms. The minimum Gasteiger partial charge on any atom is -0.368 e. The van der Waals surface area contributed by atoms with Gasteiger partial charge in [0.25, 0.3) is 5.69 Å². The number of hydrogen-bond acceptors (Lipinski definition) is 6. The van der Waals surface area contributed by atoms with Crippen LogP contribution in [0.2, 0.25) is 5.15 Å². The van der Waals surface area contributed by atoms with E-state index in [-0.39, 0.29) is 16.8 Å². The lowest BCUT2D eigenvalue weighted by Gasteiger charge is -2.18. The van der Waals surface area contributed by atoms with Crippen LogP contribution < -0.4 is 10.6 Å². The Morgan fingerprint density at radius 1 is 1.40 bits per heavy atom. The quantitative estimate of drug-likeness (QED) is 0.527. The maximum atomic E-state index is 10.7. The molecule has 0 aliphatic heterocycles. The molecule has 0 fully saturated rings. The predicted octanol–water partition coefficient (Wildman–Crippen LogP) is 2.26. The summed E-state index contributed by atoms with van der Waals surface area (Å²) in [6.45, 7) is 0.439. The Hall–Kier alpha value is -2.41. The van der Waals surface area contributed by atoms with E-state index in [1.165, 1.54) is 12.1 Å². The van der Waals surface area contributed by atoms with Crippen molar-refractivity contribution in [1.82, 2.24) is 9.97 Å². The number of nitrogen functional groups attached to an aromatic ring is 1. The summed E-state index contributed by atoms with van der Waals surface area (Å²) < 4.78 is 0. The maximum absolute atomic E-state index is 10.7. The minimum atomic E-state index is -0.428. The monoisotopic (exact) mass is 293 g/mol. The zero-order valence-electron chi connectivity index (χ0n) is 10.7. The molecule has 2 N–H and O–H groups in total. The largest absolute Gasteiger partial charge is 0.368 e. The van der Waals surface area contributed by atoms with Crippen LogP contribution in [0.5, 0.6) is 0 Å². The number of halogens is 1. The molecule has 20 heavy (non-hydrogen) atoms. The van der Waals surface area contributed by atoms with Crippen molar-refractivity contribution in [3.05, 3.63) is 51.2 Å². The average Bonchev–Trinajstić information content (AvgIpc) is 2.37. The minimum absolute atomic E-state index is 0.0520. The number of hydrogen-bond donors (Lipinski definition) is 1. The summed E-state index contributed by atoms with van der Waals surface area (Å²) in [5, 5.41) is 11.0. The van der Waals surface area contributed by atoms with Gasteiger partial charge in [0, 0.05) is 31.8 Å². The molecule has 0 atom stereocenters. The molecular formula is C12H12ClN5O2. The van der Waals surface area contributed by atoms with E-state index in [2.05, 4.69) is 9.97 Å². The van der Waals surface area contributed by atoms with Gasteiger partial charge in [-0.15, -0.1) is 0 Å². The van der Waals surface area contributed by atoms with Gasteiger partial charge in [0.2, 0.25) is 5.95 Å². The van der Waals surface area contributed by atoms with E-state index in [9.17, 15) is 10.1 Å². The van der Waals surface area contributed by atoms with Crippen LogP contribution in [0.1, 0.15) is 5.56 Å². The van der Waals surface area contributed by atoms with Crippen molar-refractivity contribution in [3.8, 4) is 0 Å². The van der Waals surface area contributed by atoms with E-state index in [4.69, 9.17) is 17.3 Å². The van der Waals surface area contributed by atoms with Crippen LogP contribution >= 0.6 is 11.6 Å². The second-order valence-electron chi connectivity index (χ2n) is 4.19. The number of nitrogens with two attached hydrogens (primary N) is 1. The molecule has 0 spiro atoms. The first kappa shape index (κ1) is 14.0. The van der Waals surface area contributed by atoms with E-state index in [0.717, 1.165) is 5.56 Å².